The molecule has 1 aliphatic heterocycles. The molecule has 1 aliphatic carbocycles. The van der Waals surface area contributed by atoms with E-state index < -0.39 is 0 Å². The van der Waals surface area contributed by atoms with Gasteiger partial charge < -0.3 is 4.74 Å². The number of cyclic esters (lactones) is 1. The minimum Gasteiger partial charge on any atom is -0.434 e. The molecule has 66 valence electrons. The molecule has 0 aromatic carbocycles. The van der Waals surface area contributed by atoms with E-state index in [1.807, 2.05) is 0 Å². The molecule has 0 spiro atoms. The van der Waals surface area contributed by atoms with Gasteiger partial charge in [-0.15, -0.1) is 0 Å². The van der Waals surface area contributed by atoms with E-state index in [9.17, 15) is 4.79 Å². The molecular formula is C10H14O2. The molecule has 0 aromatic heterocycles. The Kier molecular flexibility index (Phi) is 1.71. The maximum Gasteiger partial charge on any atom is 0.314 e. The van der Waals surface area contributed by atoms with Gasteiger partial charge in [0.25, 0.3) is 0 Å². The molecule has 3 atom stereocenters. The molecule has 1 unspecified atom stereocenters. The summed E-state index contributed by atoms with van der Waals surface area (Å²) in [7, 11) is 0. The summed E-state index contributed by atoms with van der Waals surface area (Å²) in [5, 5.41) is 0. The molecule has 0 radical (unpaired) electrons. The van der Waals surface area contributed by atoms with E-state index in [4.69, 9.17) is 4.74 Å². The first-order chi connectivity index (χ1) is 5.70. The van der Waals surface area contributed by atoms with Crippen LogP contribution in [-0.4, -0.2) is 5.97 Å². The fourth-order valence-electron chi connectivity index (χ4n) is 2.42. The SMILES string of the molecule is CC1=COC(=O)C2[C@@H](C)CC[C@@H]12. The van der Waals surface area contributed by atoms with Crippen LogP contribution in [-0.2, 0) is 9.53 Å². The van der Waals surface area contributed by atoms with Crippen molar-refractivity contribution in [2.75, 3.05) is 0 Å². The molecule has 1 heterocycles. The quantitative estimate of drug-likeness (QED) is 0.515. The maximum absolute atomic E-state index is 11.4. The lowest BCUT2D eigenvalue weighted by molar-refractivity contribution is -0.146. The zero-order valence-electron chi connectivity index (χ0n) is 7.54. The van der Waals surface area contributed by atoms with E-state index >= 15 is 0 Å². The Morgan fingerprint density at radius 2 is 2.25 bits per heavy atom. The topological polar surface area (TPSA) is 26.3 Å². The number of carbonyl (C=O) groups excluding carboxylic acids is 1. The second-order valence-corrected chi connectivity index (χ2v) is 3.99. The Bertz CT molecular complexity index is 242. The third-order valence-electron chi connectivity index (χ3n) is 3.20. The van der Waals surface area contributed by atoms with Crippen molar-refractivity contribution in [1.82, 2.24) is 0 Å². The van der Waals surface area contributed by atoms with Crippen LogP contribution in [0.2, 0.25) is 0 Å². The van der Waals surface area contributed by atoms with Gasteiger partial charge in [-0.25, -0.2) is 0 Å². The minimum absolute atomic E-state index is 0.0180. The van der Waals surface area contributed by atoms with Crippen molar-refractivity contribution in [2.24, 2.45) is 17.8 Å². The molecule has 2 heteroatoms. The highest BCUT2D eigenvalue weighted by atomic mass is 16.5. The van der Waals surface area contributed by atoms with Gasteiger partial charge in [0, 0.05) is 0 Å². The van der Waals surface area contributed by atoms with Crippen LogP contribution < -0.4 is 0 Å². The van der Waals surface area contributed by atoms with Crippen LogP contribution in [0.25, 0.3) is 0 Å². The molecule has 0 saturated heterocycles. The van der Waals surface area contributed by atoms with E-state index in [1.54, 1.807) is 6.26 Å². The Labute approximate surface area is 72.6 Å². The summed E-state index contributed by atoms with van der Waals surface area (Å²) in [6, 6.07) is 0. The average Bonchev–Trinajstić information content (AvgIpc) is 2.42. The number of allylic oxidation sites excluding steroid dienone is 1. The van der Waals surface area contributed by atoms with Crippen LogP contribution in [0, 0.1) is 17.8 Å². The number of ether oxygens (including phenoxy) is 1. The third kappa shape index (κ3) is 0.977. The predicted molar refractivity (Wildman–Crippen MR) is 45.2 cm³/mol. The first kappa shape index (κ1) is 7.84. The van der Waals surface area contributed by atoms with Crippen LogP contribution >= 0.6 is 0 Å². The van der Waals surface area contributed by atoms with Crippen LogP contribution in [0.4, 0.5) is 0 Å². The summed E-state index contributed by atoms with van der Waals surface area (Å²) in [5.74, 6) is 1.11. The smallest absolute Gasteiger partial charge is 0.314 e. The summed E-state index contributed by atoms with van der Waals surface area (Å²) >= 11 is 0. The Hall–Kier alpha value is -0.790. The summed E-state index contributed by atoms with van der Waals surface area (Å²) in [6.45, 7) is 4.20. The number of esters is 1. The Balaban J connectivity index is 2.29. The van der Waals surface area contributed by atoms with Crippen molar-refractivity contribution in [2.45, 2.75) is 26.7 Å². The number of carbonyl (C=O) groups is 1. The van der Waals surface area contributed by atoms with Gasteiger partial charge in [-0.1, -0.05) is 6.92 Å². The molecule has 0 amide bonds. The van der Waals surface area contributed by atoms with Gasteiger partial charge in [0.2, 0.25) is 0 Å². The fourth-order valence-corrected chi connectivity index (χ4v) is 2.42. The van der Waals surface area contributed by atoms with Crippen molar-refractivity contribution >= 4 is 5.97 Å². The monoisotopic (exact) mass is 166 g/mol. The summed E-state index contributed by atoms with van der Waals surface area (Å²) in [5.41, 5.74) is 1.24. The summed E-state index contributed by atoms with van der Waals surface area (Å²) < 4.78 is 4.97. The average molecular weight is 166 g/mol. The largest absolute Gasteiger partial charge is 0.434 e. The van der Waals surface area contributed by atoms with Gasteiger partial charge in [-0.2, -0.15) is 0 Å². The zero-order chi connectivity index (χ0) is 8.72. The maximum atomic E-state index is 11.4. The molecule has 2 aliphatic rings. The number of hydrogen-bond acceptors (Lipinski definition) is 2. The van der Waals surface area contributed by atoms with Crippen LogP contribution in [0.5, 0.6) is 0 Å². The van der Waals surface area contributed by atoms with Gasteiger partial charge in [0.05, 0.1) is 12.2 Å². The second-order valence-electron chi connectivity index (χ2n) is 3.99. The molecule has 1 saturated carbocycles. The molecule has 0 bridgehead atoms. The molecule has 0 N–H and O–H groups in total. The first-order valence-corrected chi connectivity index (χ1v) is 4.57. The van der Waals surface area contributed by atoms with Gasteiger partial charge in [0.1, 0.15) is 0 Å². The van der Waals surface area contributed by atoms with E-state index in [2.05, 4.69) is 13.8 Å². The van der Waals surface area contributed by atoms with Crippen LogP contribution in [0.1, 0.15) is 26.7 Å². The predicted octanol–water partition coefficient (Wildman–Crippen LogP) is 2.11. The highest BCUT2D eigenvalue weighted by Crippen LogP contribution is 2.43. The summed E-state index contributed by atoms with van der Waals surface area (Å²) in [4.78, 5) is 11.4. The van der Waals surface area contributed by atoms with Crippen molar-refractivity contribution in [3.8, 4) is 0 Å². The van der Waals surface area contributed by atoms with E-state index in [-0.39, 0.29) is 11.9 Å². The highest BCUT2D eigenvalue weighted by molar-refractivity contribution is 5.75. The lowest BCUT2D eigenvalue weighted by Crippen LogP contribution is -2.28. The number of rotatable bonds is 0. The van der Waals surface area contributed by atoms with Gasteiger partial charge in [-0.05, 0) is 37.2 Å². The van der Waals surface area contributed by atoms with Crippen molar-refractivity contribution in [3.05, 3.63) is 11.8 Å². The van der Waals surface area contributed by atoms with Crippen molar-refractivity contribution in [1.29, 1.82) is 0 Å². The van der Waals surface area contributed by atoms with Crippen molar-refractivity contribution in [3.63, 3.8) is 0 Å². The Morgan fingerprint density at radius 1 is 1.50 bits per heavy atom. The van der Waals surface area contributed by atoms with Crippen LogP contribution in [0.15, 0.2) is 11.8 Å². The zero-order valence-corrected chi connectivity index (χ0v) is 7.54. The molecule has 2 rings (SSSR count). The van der Waals surface area contributed by atoms with Crippen molar-refractivity contribution < 1.29 is 9.53 Å². The number of fused-ring (bicyclic) bond motifs is 1. The summed E-state index contributed by atoms with van der Waals surface area (Å²) in [6.07, 6.45) is 3.94. The lowest BCUT2D eigenvalue weighted by atomic mass is 9.85. The molecule has 1 fully saturated rings. The lowest BCUT2D eigenvalue weighted by Gasteiger charge is -2.25. The van der Waals surface area contributed by atoms with Crippen LogP contribution in [0.3, 0.4) is 0 Å². The first-order valence-electron chi connectivity index (χ1n) is 4.57. The molecular weight excluding hydrogens is 152 g/mol. The fraction of sp³-hybridized carbons (Fsp3) is 0.700. The normalized spacial score (nSPS) is 40.3. The standard InChI is InChI=1S/C10H14O2/c1-6-3-4-8-7(2)5-12-10(11)9(6)8/h5-6,8-9H,3-4H2,1-2H3/t6-,8-,9?/m0/s1. The second kappa shape index (κ2) is 2.61. The van der Waals surface area contributed by atoms with E-state index in [1.165, 1.54) is 5.57 Å². The van der Waals surface area contributed by atoms with Gasteiger partial charge >= 0.3 is 5.97 Å². The minimum atomic E-state index is -0.0180. The molecule has 12 heavy (non-hydrogen) atoms. The van der Waals surface area contributed by atoms with E-state index in [0.717, 1.165) is 12.8 Å². The third-order valence-corrected chi connectivity index (χ3v) is 3.20. The van der Waals surface area contributed by atoms with E-state index in [0.29, 0.717) is 11.8 Å². The van der Waals surface area contributed by atoms with Gasteiger partial charge in [-0.3, -0.25) is 4.79 Å². The Morgan fingerprint density at radius 3 is 2.92 bits per heavy atom. The highest BCUT2D eigenvalue weighted by Gasteiger charge is 2.42. The molecule has 2 nitrogen and oxygen atoms in total. The number of hydrogen-bond donors (Lipinski definition) is 0. The van der Waals surface area contributed by atoms with Gasteiger partial charge in [0.15, 0.2) is 0 Å². The molecule has 0 aromatic rings.